The molecule has 0 saturated heterocycles. The second kappa shape index (κ2) is 7.79. The summed E-state index contributed by atoms with van der Waals surface area (Å²) < 4.78 is 41.9. The zero-order chi connectivity index (χ0) is 20.3. The van der Waals surface area contributed by atoms with Gasteiger partial charge in [-0.05, 0) is 19.1 Å². The molecule has 0 saturated carbocycles. The van der Waals surface area contributed by atoms with Crippen LogP contribution >= 0.6 is 0 Å². The molecule has 3 aromatic rings. The first kappa shape index (κ1) is 19.5. The average Bonchev–Trinajstić information content (AvgIpc) is 3.12. The summed E-state index contributed by atoms with van der Waals surface area (Å²) in [4.78, 5) is 21.9. The third-order valence-corrected chi connectivity index (χ3v) is 4.21. The molecule has 0 N–H and O–H groups in total. The Bertz CT molecular complexity index is 952. The molecule has 146 valence electrons. The highest BCUT2D eigenvalue weighted by Gasteiger charge is 2.41. The van der Waals surface area contributed by atoms with Crippen LogP contribution in [0, 0.1) is 6.92 Å². The minimum atomic E-state index is -4.74. The number of carbonyl (C=O) groups excluding carboxylic acids is 1. The largest absolute Gasteiger partial charge is 0.434 e. The zero-order valence-electron chi connectivity index (χ0n) is 15.3. The monoisotopic (exact) mass is 389 g/mol. The molecule has 2 heterocycles. The first-order valence-electron chi connectivity index (χ1n) is 8.50. The first-order valence-corrected chi connectivity index (χ1v) is 8.50. The molecule has 0 aliphatic heterocycles. The number of aromatic nitrogens is 4. The van der Waals surface area contributed by atoms with Gasteiger partial charge in [-0.15, -0.1) is 0 Å². The standard InChI is InChI=1S/C19H18F3N5O/c1-13-3-5-15(6-4-13)27-17(19(20,21)22)16(12-25-27)18(28)26(2)10-7-14-11-23-8-9-24-14/h3-6,8-9,11-12H,7,10H2,1-2H3. The van der Waals surface area contributed by atoms with Crippen LogP contribution in [-0.2, 0) is 12.6 Å². The molecule has 0 fully saturated rings. The highest BCUT2D eigenvalue weighted by atomic mass is 19.4. The van der Waals surface area contributed by atoms with Crippen molar-refractivity contribution >= 4 is 5.91 Å². The van der Waals surface area contributed by atoms with Gasteiger partial charge in [-0.2, -0.15) is 18.3 Å². The second-order valence-corrected chi connectivity index (χ2v) is 6.33. The fourth-order valence-electron chi connectivity index (χ4n) is 2.71. The maximum Gasteiger partial charge on any atom is 0.434 e. The molecular formula is C19H18F3N5O. The van der Waals surface area contributed by atoms with Crippen LogP contribution in [0.25, 0.3) is 5.69 Å². The number of carbonyl (C=O) groups is 1. The molecule has 0 aliphatic rings. The Balaban J connectivity index is 1.88. The summed E-state index contributed by atoms with van der Waals surface area (Å²) in [5, 5.41) is 3.83. The minimum Gasteiger partial charge on any atom is -0.341 e. The van der Waals surface area contributed by atoms with Gasteiger partial charge in [0.15, 0.2) is 5.69 Å². The summed E-state index contributed by atoms with van der Waals surface area (Å²) in [6, 6.07) is 6.44. The van der Waals surface area contributed by atoms with E-state index in [1.54, 1.807) is 18.3 Å². The Morgan fingerprint density at radius 2 is 1.86 bits per heavy atom. The molecule has 1 aromatic carbocycles. The molecule has 2 aromatic heterocycles. The van der Waals surface area contributed by atoms with Gasteiger partial charge in [0.05, 0.1) is 23.1 Å². The van der Waals surface area contributed by atoms with E-state index in [1.807, 2.05) is 6.92 Å². The lowest BCUT2D eigenvalue weighted by Gasteiger charge is -2.18. The van der Waals surface area contributed by atoms with Crippen LogP contribution in [0.1, 0.15) is 27.3 Å². The molecule has 1 amide bonds. The number of amides is 1. The maximum atomic E-state index is 13.7. The third-order valence-electron chi connectivity index (χ3n) is 4.21. The Morgan fingerprint density at radius 3 is 2.46 bits per heavy atom. The van der Waals surface area contributed by atoms with E-state index in [2.05, 4.69) is 15.1 Å². The van der Waals surface area contributed by atoms with Crippen LogP contribution in [0.15, 0.2) is 49.1 Å². The summed E-state index contributed by atoms with van der Waals surface area (Å²) in [6.45, 7) is 2.03. The predicted octanol–water partition coefficient (Wildman–Crippen LogP) is 3.30. The molecule has 9 heteroatoms. The lowest BCUT2D eigenvalue weighted by molar-refractivity contribution is -0.143. The Kier molecular flexibility index (Phi) is 5.43. The smallest absolute Gasteiger partial charge is 0.341 e. The number of alkyl halides is 3. The molecule has 0 unspecified atom stereocenters. The van der Waals surface area contributed by atoms with Crippen LogP contribution in [0.3, 0.4) is 0 Å². The Morgan fingerprint density at radius 1 is 1.14 bits per heavy atom. The van der Waals surface area contributed by atoms with E-state index in [-0.39, 0.29) is 12.2 Å². The number of rotatable bonds is 5. The van der Waals surface area contributed by atoms with Gasteiger partial charge in [0.2, 0.25) is 0 Å². The second-order valence-electron chi connectivity index (χ2n) is 6.33. The molecule has 0 radical (unpaired) electrons. The van der Waals surface area contributed by atoms with E-state index in [0.29, 0.717) is 12.1 Å². The first-order chi connectivity index (χ1) is 13.3. The van der Waals surface area contributed by atoms with Crippen molar-refractivity contribution in [1.29, 1.82) is 0 Å². The van der Waals surface area contributed by atoms with E-state index in [4.69, 9.17) is 0 Å². The van der Waals surface area contributed by atoms with E-state index in [9.17, 15) is 18.0 Å². The summed E-state index contributed by atoms with van der Waals surface area (Å²) in [7, 11) is 1.45. The Labute approximate surface area is 159 Å². The number of hydrogen-bond acceptors (Lipinski definition) is 4. The van der Waals surface area contributed by atoms with Gasteiger partial charge in [0, 0.05) is 38.6 Å². The van der Waals surface area contributed by atoms with Gasteiger partial charge >= 0.3 is 6.18 Å². The Hall–Kier alpha value is -3.23. The minimum absolute atomic E-state index is 0.199. The third kappa shape index (κ3) is 4.19. The van der Waals surface area contributed by atoms with Crippen molar-refractivity contribution in [3.8, 4) is 5.69 Å². The van der Waals surface area contributed by atoms with Crippen LogP contribution in [-0.4, -0.2) is 44.1 Å². The van der Waals surface area contributed by atoms with E-state index in [0.717, 1.165) is 16.4 Å². The molecular weight excluding hydrogens is 371 g/mol. The van der Waals surface area contributed by atoms with Gasteiger partial charge in [-0.25, -0.2) is 4.68 Å². The van der Waals surface area contributed by atoms with Gasteiger partial charge in [0.25, 0.3) is 5.91 Å². The van der Waals surface area contributed by atoms with Gasteiger partial charge in [-0.3, -0.25) is 14.8 Å². The number of likely N-dealkylation sites (N-methyl/N-ethyl adjacent to an activating group) is 1. The SMILES string of the molecule is Cc1ccc(-n2ncc(C(=O)N(C)CCc3cnccn3)c2C(F)(F)F)cc1. The summed E-state index contributed by atoms with van der Waals surface area (Å²) in [5.74, 6) is -0.755. The van der Waals surface area contributed by atoms with Crippen LogP contribution in [0.2, 0.25) is 0 Å². The molecule has 0 spiro atoms. The van der Waals surface area contributed by atoms with Gasteiger partial charge in [-0.1, -0.05) is 17.7 Å². The van der Waals surface area contributed by atoms with Crippen molar-refractivity contribution in [1.82, 2.24) is 24.6 Å². The zero-order valence-corrected chi connectivity index (χ0v) is 15.3. The average molecular weight is 389 g/mol. The lowest BCUT2D eigenvalue weighted by atomic mass is 10.2. The molecule has 0 aliphatic carbocycles. The number of hydrogen-bond donors (Lipinski definition) is 0. The lowest BCUT2D eigenvalue weighted by Crippen LogP contribution is -2.31. The van der Waals surface area contributed by atoms with Crippen molar-refractivity contribution in [2.75, 3.05) is 13.6 Å². The topological polar surface area (TPSA) is 63.9 Å². The highest BCUT2D eigenvalue weighted by Crippen LogP contribution is 2.34. The van der Waals surface area contributed by atoms with Crippen molar-refractivity contribution in [3.63, 3.8) is 0 Å². The molecule has 0 atom stereocenters. The van der Waals surface area contributed by atoms with Crippen molar-refractivity contribution in [3.05, 3.63) is 71.6 Å². The fourth-order valence-corrected chi connectivity index (χ4v) is 2.71. The van der Waals surface area contributed by atoms with Gasteiger partial charge in [0.1, 0.15) is 0 Å². The molecule has 0 bridgehead atoms. The van der Waals surface area contributed by atoms with Crippen LogP contribution in [0.4, 0.5) is 13.2 Å². The van der Waals surface area contributed by atoms with Crippen molar-refractivity contribution < 1.29 is 18.0 Å². The predicted molar refractivity (Wildman–Crippen MR) is 96.0 cm³/mol. The molecule has 28 heavy (non-hydrogen) atoms. The number of halogens is 3. The quantitative estimate of drug-likeness (QED) is 0.672. The van der Waals surface area contributed by atoms with E-state index >= 15 is 0 Å². The van der Waals surface area contributed by atoms with Gasteiger partial charge < -0.3 is 4.90 Å². The number of aryl methyl sites for hydroxylation is 1. The summed E-state index contributed by atoms with van der Waals surface area (Å²) in [5.41, 5.74) is 0.208. The highest BCUT2D eigenvalue weighted by molar-refractivity contribution is 5.95. The van der Waals surface area contributed by atoms with Crippen molar-refractivity contribution in [2.45, 2.75) is 19.5 Å². The fraction of sp³-hybridized carbons (Fsp3) is 0.263. The molecule has 6 nitrogen and oxygen atoms in total. The maximum absolute atomic E-state index is 13.7. The van der Waals surface area contributed by atoms with E-state index < -0.39 is 23.3 Å². The number of nitrogens with zero attached hydrogens (tertiary/aromatic N) is 5. The van der Waals surface area contributed by atoms with Crippen LogP contribution in [0.5, 0.6) is 0 Å². The molecule has 3 rings (SSSR count). The summed E-state index contributed by atoms with van der Waals surface area (Å²) >= 11 is 0. The summed E-state index contributed by atoms with van der Waals surface area (Å²) in [6.07, 6.45) is 1.19. The number of benzene rings is 1. The van der Waals surface area contributed by atoms with E-state index in [1.165, 1.54) is 36.5 Å². The van der Waals surface area contributed by atoms with Crippen LogP contribution < -0.4 is 0 Å². The van der Waals surface area contributed by atoms with Crippen molar-refractivity contribution in [2.24, 2.45) is 0 Å². The normalized spacial score (nSPS) is 11.5.